The number of sulfone groups is 1. The number of carbonyl (C=O) groups is 1. The molecule has 106 valence electrons. The van der Waals surface area contributed by atoms with Crippen LogP contribution in [0.3, 0.4) is 0 Å². The molecule has 0 aromatic heterocycles. The molecule has 0 radical (unpaired) electrons. The van der Waals surface area contributed by atoms with Crippen molar-refractivity contribution in [3.05, 3.63) is 0 Å². The van der Waals surface area contributed by atoms with Gasteiger partial charge in [0.05, 0.1) is 11.0 Å². The molecule has 1 unspecified atom stereocenters. The Morgan fingerprint density at radius 1 is 1.39 bits per heavy atom. The maximum Gasteiger partial charge on any atom is 0.221 e. The molecule has 0 spiro atoms. The van der Waals surface area contributed by atoms with Crippen LogP contribution >= 0.6 is 0 Å². The largest absolute Gasteiger partial charge is 0.356 e. The van der Waals surface area contributed by atoms with Crippen LogP contribution in [0.15, 0.2) is 0 Å². The lowest BCUT2D eigenvalue weighted by molar-refractivity contribution is -0.120. The molecule has 0 aromatic carbocycles. The highest BCUT2D eigenvalue weighted by Crippen LogP contribution is 2.25. The summed E-state index contributed by atoms with van der Waals surface area (Å²) in [6, 6.07) is 0. The van der Waals surface area contributed by atoms with Crippen LogP contribution in [-0.2, 0) is 14.6 Å². The van der Waals surface area contributed by atoms with Crippen LogP contribution in [0.1, 0.15) is 39.0 Å². The van der Waals surface area contributed by atoms with E-state index in [1.165, 1.54) is 0 Å². The highest BCUT2D eigenvalue weighted by atomic mass is 32.2. The Labute approximate surface area is 109 Å². The first-order valence-corrected chi connectivity index (χ1v) is 8.35. The predicted molar refractivity (Wildman–Crippen MR) is 71.9 cm³/mol. The zero-order chi connectivity index (χ0) is 13.6. The van der Waals surface area contributed by atoms with Gasteiger partial charge in [0.15, 0.2) is 9.84 Å². The molecular formula is C12H24N2O3S. The third-order valence-corrected chi connectivity index (χ3v) is 5.73. The number of rotatable bonds is 7. The monoisotopic (exact) mass is 276 g/mol. The highest BCUT2D eigenvalue weighted by molar-refractivity contribution is 7.92. The van der Waals surface area contributed by atoms with Crippen LogP contribution in [-0.4, -0.2) is 38.4 Å². The van der Waals surface area contributed by atoms with Gasteiger partial charge in [-0.25, -0.2) is 8.42 Å². The van der Waals surface area contributed by atoms with E-state index in [0.717, 1.165) is 25.7 Å². The van der Waals surface area contributed by atoms with Gasteiger partial charge in [-0.05, 0) is 25.3 Å². The molecular weight excluding hydrogens is 252 g/mol. The highest BCUT2D eigenvalue weighted by Gasteiger charge is 2.28. The average molecular weight is 276 g/mol. The molecule has 5 nitrogen and oxygen atoms in total. The van der Waals surface area contributed by atoms with E-state index in [1.807, 2.05) is 6.92 Å². The molecule has 1 fully saturated rings. The van der Waals surface area contributed by atoms with Crippen molar-refractivity contribution in [1.82, 2.24) is 5.32 Å². The number of hydrogen-bond acceptors (Lipinski definition) is 4. The van der Waals surface area contributed by atoms with Gasteiger partial charge >= 0.3 is 0 Å². The lowest BCUT2D eigenvalue weighted by Gasteiger charge is -2.12. The smallest absolute Gasteiger partial charge is 0.221 e. The van der Waals surface area contributed by atoms with Crippen molar-refractivity contribution in [2.75, 3.05) is 18.8 Å². The Morgan fingerprint density at radius 3 is 2.56 bits per heavy atom. The first-order chi connectivity index (χ1) is 8.45. The van der Waals surface area contributed by atoms with Crippen molar-refractivity contribution in [2.24, 2.45) is 11.7 Å². The van der Waals surface area contributed by atoms with Crippen molar-refractivity contribution >= 4 is 15.7 Å². The summed E-state index contributed by atoms with van der Waals surface area (Å²) in [7, 11) is -3.08. The first kappa shape index (κ1) is 15.4. The summed E-state index contributed by atoms with van der Waals surface area (Å²) < 4.78 is 23.9. The lowest BCUT2D eigenvalue weighted by atomic mass is 10.2. The molecule has 0 aromatic rings. The topological polar surface area (TPSA) is 89.3 Å². The van der Waals surface area contributed by atoms with Gasteiger partial charge in [-0.2, -0.15) is 0 Å². The van der Waals surface area contributed by atoms with Gasteiger partial charge in [-0.1, -0.05) is 19.8 Å². The van der Waals surface area contributed by atoms with E-state index in [9.17, 15) is 13.2 Å². The lowest BCUT2D eigenvalue weighted by Crippen LogP contribution is -2.33. The minimum absolute atomic E-state index is 0.0273. The van der Waals surface area contributed by atoms with Gasteiger partial charge in [-0.3, -0.25) is 4.79 Å². The maximum atomic E-state index is 11.9. The van der Waals surface area contributed by atoms with E-state index in [2.05, 4.69) is 5.32 Å². The van der Waals surface area contributed by atoms with Crippen molar-refractivity contribution in [2.45, 2.75) is 44.3 Å². The third-order valence-electron chi connectivity index (χ3n) is 3.47. The summed E-state index contributed by atoms with van der Waals surface area (Å²) in [5.41, 5.74) is 5.44. The van der Waals surface area contributed by atoms with Crippen LogP contribution in [0.2, 0.25) is 0 Å². The quantitative estimate of drug-likeness (QED) is 0.706. The second-order valence-electron chi connectivity index (χ2n) is 5.17. The van der Waals surface area contributed by atoms with Gasteiger partial charge in [0.25, 0.3) is 0 Å². The average Bonchev–Trinajstić information content (AvgIpc) is 2.88. The zero-order valence-electron chi connectivity index (χ0n) is 11.0. The zero-order valence-corrected chi connectivity index (χ0v) is 11.8. The SMILES string of the molecule is CC(CN)CNC(=O)CCS(=O)(=O)C1CCCC1. The van der Waals surface area contributed by atoms with Crippen LogP contribution in [0.25, 0.3) is 0 Å². The first-order valence-electron chi connectivity index (χ1n) is 6.64. The Balaban J connectivity index is 2.29. The van der Waals surface area contributed by atoms with Crippen LogP contribution in [0.4, 0.5) is 0 Å². The molecule has 1 saturated carbocycles. The third kappa shape index (κ3) is 4.94. The minimum atomic E-state index is -3.08. The normalized spacial score (nSPS) is 18.8. The fourth-order valence-electron chi connectivity index (χ4n) is 2.11. The summed E-state index contributed by atoms with van der Waals surface area (Å²) in [5.74, 6) is -0.00203. The standard InChI is InChI=1S/C12H24N2O3S/c1-10(8-13)9-14-12(15)6-7-18(16,17)11-4-2-3-5-11/h10-11H,2-9,13H2,1H3,(H,14,15). The van der Waals surface area contributed by atoms with Crippen molar-refractivity contribution in [1.29, 1.82) is 0 Å². The van der Waals surface area contributed by atoms with Gasteiger partial charge < -0.3 is 11.1 Å². The van der Waals surface area contributed by atoms with Crippen molar-refractivity contribution in [3.8, 4) is 0 Å². The Morgan fingerprint density at radius 2 is 2.00 bits per heavy atom. The molecule has 18 heavy (non-hydrogen) atoms. The number of amides is 1. The van der Waals surface area contributed by atoms with E-state index in [0.29, 0.717) is 13.1 Å². The molecule has 0 heterocycles. The fourth-order valence-corrected chi connectivity index (χ4v) is 3.96. The van der Waals surface area contributed by atoms with E-state index in [4.69, 9.17) is 5.73 Å². The van der Waals surface area contributed by atoms with Crippen LogP contribution in [0.5, 0.6) is 0 Å². The number of nitrogens with one attached hydrogen (secondary N) is 1. The molecule has 0 saturated heterocycles. The molecule has 0 bridgehead atoms. The Bertz CT molecular complexity index is 362. The van der Waals surface area contributed by atoms with Gasteiger partial charge in [-0.15, -0.1) is 0 Å². The molecule has 1 aliphatic carbocycles. The predicted octanol–water partition coefficient (Wildman–Crippen LogP) is 0.445. The summed E-state index contributed by atoms with van der Waals surface area (Å²) >= 11 is 0. The second-order valence-corrected chi connectivity index (χ2v) is 7.57. The van der Waals surface area contributed by atoms with Gasteiger partial charge in [0.2, 0.25) is 5.91 Å². The Kier molecular flexibility index (Phi) is 6.08. The summed E-state index contributed by atoms with van der Waals surface area (Å²) in [6.07, 6.45) is 3.56. The number of nitrogens with two attached hydrogens (primary N) is 1. The van der Waals surface area contributed by atoms with Crippen molar-refractivity contribution < 1.29 is 13.2 Å². The van der Waals surface area contributed by atoms with E-state index >= 15 is 0 Å². The fraction of sp³-hybridized carbons (Fsp3) is 0.917. The molecule has 0 aliphatic heterocycles. The summed E-state index contributed by atoms with van der Waals surface area (Å²) in [6.45, 7) is 2.97. The van der Waals surface area contributed by atoms with Crippen LogP contribution in [0, 0.1) is 5.92 Å². The molecule has 6 heteroatoms. The van der Waals surface area contributed by atoms with Crippen molar-refractivity contribution in [3.63, 3.8) is 0 Å². The summed E-state index contributed by atoms with van der Waals surface area (Å²) in [5, 5.41) is 2.50. The van der Waals surface area contributed by atoms with E-state index in [1.54, 1.807) is 0 Å². The van der Waals surface area contributed by atoms with Crippen LogP contribution < -0.4 is 11.1 Å². The maximum absolute atomic E-state index is 11.9. The number of hydrogen-bond donors (Lipinski definition) is 2. The second kappa shape index (κ2) is 7.09. The molecule has 1 atom stereocenters. The van der Waals surface area contributed by atoms with E-state index < -0.39 is 9.84 Å². The molecule has 1 amide bonds. The molecule has 3 N–H and O–H groups in total. The Hall–Kier alpha value is -0.620. The van der Waals surface area contributed by atoms with E-state index in [-0.39, 0.29) is 29.2 Å². The van der Waals surface area contributed by atoms with Gasteiger partial charge in [0.1, 0.15) is 0 Å². The van der Waals surface area contributed by atoms with Gasteiger partial charge in [0, 0.05) is 13.0 Å². The summed E-state index contributed by atoms with van der Waals surface area (Å²) in [4.78, 5) is 11.5. The molecule has 1 rings (SSSR count). The number of carbonyl (C=O) groups excluding carboxylic acids is 1. The molecule has 1 aliphatic rings. The minimum Gasteiger partial charge on any atom is -0.356 e.